The van der Waals surface area contributed by atoms with Gasteiger partial charge in [-0.25, -0.2) is 0 Å². The van der Waals surface area contributed by atoms with Gasteiger partial charge >= 0.3 is 0 Å². The van der Waals surface area contributed by atoms with Gasteiger partial charge in [-0.15, -0.1) is 6.58 Å². The van der Waals surface area contributed by atoms with Crippen LogP contribution in [-0.4, -0.2) is 11.2 Å². The van der Waals surface area contributed by atoms with Crippen molar-refractivity contribution in [3.63, 3.8) is 0 Å². The number of aliphatic hydroxyl groups is 1. The Labute approximate surface area is 87.2 Å². The van der Waals surface area contributed by atoms with Crippen LogP contribution >= 0.6 is 0 Å². The van der Waals surface area contributed by atoms with E-state index in [1.807, 2.05) is 6.08 Å². The molecule has 0 aliphatic heterocycles. The third kappa shape index (κ3) is 2.03. The molecule has 2 saturated carbocycles. The highest BCUT2D eigenvalue weighted by Gasteiger charge is 2.42. The Kier molecular flexibility index (Phi) is 3.27. The SMILES string of the molecule is C=CCCCC(O)C1CC2CCC1C2. The summed E-state index contributed by atoms with van der Waals surface area (Å²) in [6.07, 6.45) is 10.6. The molecule has 14 heavy (non-hydrogen) atoms. The maximum absolute atomic E-state index is 10.1. The molecule has 80 valence electrons. The normalized spacial score (nSPS) is 37.4. The van der Waals surface area contributed by atoms with Crippen molar-refractivity contribution in [3.8, 4) is 0 Å². The summed E-state index contributed by atoms with van der Waals surface area (Å²) in [5.74, 6) is 2.45. The fourth-order valence-corrected chi connectivity index (χ4v) is 3.45. The van der Waals surface area contributed by atoms with Crippen molar-refractivity contribution in [2.24, 2.45) is 17.8 Å². The van der Waals surface area contributed by atoms with Crippen molar-refractivity contribution < 1.29 is 5.11 Å². The molecule has 2 rings (SSSR count). The first-order valence-corrected chi connectivity index (χ1v) is 6.10. The Morgan fingerprint density at radius 3 is 2.79 bits per heavy atom. The van der Waals surface area contributed by atoms with E-state index < -0.39 is 0 Å². The van der Waals surface area contributed by atoms with E-state index in [0.717, 1.165) is 31.1 Å². The van der Waals surface area contributed by atoms with Gasteiger partial charge < -0.3 is 5.11 Å². The van der Waals surface area contributed by atoms with E-state index in [1.54, 1.807) is 0 Å². The summed E-state index contributed by atoms with van der Waals surface area (Å²) in [6, 6.07) is 0. The minimum Gasteiger partial charge on any atom is -0.393 e. The number of rotatable bonds is 5. The Balaban J connectivity index is 1.75. The van der Waals surface area contributed by atoms with E-state index in [-0.39, 0.29) is 6.10 Å². The van der Waals surface area contributed by atoms with Crippen LogP contribution < -0.4 is 0 Å². The van der Waals surface area contributed by atoms with Gasteiger partial charge in [0.25, 0.3) is 0 Å². The molecule has 0 aromatic heterocycles. The summed E-state index contributed by atoms with van der Waals surface area (Å²) in [4.78, 5) is 0. The van der Waals surface area contributed by atoms with Gasteiger partial charge in [0, 0.05) is 0 Å². The van der Waals surface area contributed by atoms with Crippen LogP contribution in [0.5, 0.6) is 0 Å². The Hall–Kier alpha value is -0.300. The third-order valence-electron chi connectivity index (χ3n) is 4.20. The van der Waals surface area contributed by atoms with Crippen molar-refractivity contribution >= 4 is 0 Å². The van der Waals surface area contributed by atoms with Gasteiger partial charge in [0.05, 0.1) is 6.10 Å². The van der Waals surface area contributed by atoms with Gasteiger partial charge in [-0.05, 0) is 56.3 Å². The van der Waals surface area contributed by atoms with Gasteiger partial charge in [-0.2, -0.15) is 0 Å². The molecule has 0 amide bonds. The molecular weight excluding hydrogens is 172 g/mol. The molecule has 2 aliphatic carbocycles. The van der Waals surface area contributed by atoms with E-state index in [0.29, 0.717) is 5.92 Å². The number of allylic oxidation sites excluding steroid dienone is 1. The molecule has 1 nitrogen and oxygen atoms in total. The van der Waals surface area contributed by atoms with Crippen molar-refractivity contribution in [1.82, 2.24) is 0 Å². The summed E-state index contributed by atoms with van der Waals surface area (Å²) in [5.41, 5.74) is 0. The molecule has 0 aromatic rings. The van der Waals surface area contributed by atoms with Crippen molar-refractivity contribution in [2.45, 2.75) is 51.0 Å². The number of fused-ring (bicyclic) bond motifs is 2. The highest BCUT2D eigenvalue weighted by atomic mass is 16.3. The minimum atomic E-state index is -0.0229. The zero-order valence-electron chi connectivity index (χ0n) is 8.99. The first-order chi connectivity index (χ1) is 6.81. The molecule has 2 bridgehead atoms. The van der Waals surface area contributed by atoms with Crippen LogP contribution in [-0.2, 0) is 0 Å². The molecule has 0 heterocycles. The van der Waals surface area contributed by atoms with Gasteiger partial charge in [0.2, 0.25) is 0 Å². The topological polar surface area (TPSA) is 20.2 Å². The van der Waals surface area contributed by atoms with Crippen molar-refractivity contribution in [3.05, 3.63) is 12.7 Å². The van der Waals surface area contributed by atoms with E-state index in [4.69, 9.17) is 0 Å². The fraction of sp³-hybridized carbons (Fsp3) is 0.846. The summed E-state index contributed by atoms with van der Waals surface area (Å²) in [6.45, 7) is 3.71. The van der Waals surface area contributed by atoms with Crippen LogP contribution in [0.3, 0.4) is 0 Å². The molecule has 0 radical (unpaired) electrons. The quantitative estimate of drug-likeness (QED) is 0.526. The highest BCUT2D eigenvalue weighted by Crippen LogP contribution is 2.50. The maximum atomic E-state index is 10.1. The molecule has 4 atom stereocenters. The van der Waals surface area contributed by atoms with Gasteiger partial charge in [0.1, 0.15) is 0 Å². The van der Waals surface area contributed by atoms with Crippen LogP contribution in [0.15, 0.2) is 12.7 Å². The van der Waals surface area contributed by atoms with Crippen LogP contribution in [0.1, 0.15) is 44.9 Å². The molecule has 4 unspecified atom stereocenters. The monoisotopic (exact) mass is 194 g/mol. The van der Waals surface area contributed by atoms with Crippen molar-refractivity contribution in [2.75, 3.05) is 0 Å². The number of unbranched alkanes of at least 4 members (excludes halogenated alkanes) is 1. The largest absolute Gasteiger partial charge is 0.393 e. The van der Waals surface area contributed by atoms with Crippen molar-refractivity contribution in [1.29, 1.82) is 0 Å². The van der Waals surface area contributed by atoms with Crippen LogP contribution in [0.25, 0.3) is 0 Å². The second-order valence-corrected chi connectivity index (χ2v) is 5.13. The predicted octanol–water partition coefficient (Wildman–Crippen LogP) is 3.14. The lowest BCUT2D eigenvalue weighted by atomic mass is 9.83. The summed E-state index contributed by atoms with van der Waals surface area (Å²) >= 11 is 0. The summed E-state index contributed by atoms with van der Waals surface area (Å²) in [7, 11) is 0. The van der Waals surface area contributed by atoms with Crippen LogP contribution in [0.4, 0.5) is 0 Å². The average molecular weight is 194 g/mol. The second kappa shape index (κ2) is 4.48. The third-order valence-corrected chi connectivity index (χ3v) is 4.20. The molecule has 0 aromatic carbocycles. The van der Waals surface area contributed by atoms with E-state index in [2.05, 4.69) is 6.58 Å². The molecule has 2 fully saturated rings. The Morgan fingerprint density at radius 2 is 2.21 bits per heavy atom. The summed E-state index contributed by atoms with van der Waals surface area (Å²) < 4.78 is 0. The zero-order chi connectivity index (χ0) is 9.97. The number of hydrogen-bond acceptors (Lipinski definition) is 1. The molecule has 1 N–H and O–H groups in total. The fourth-order valence-electron chi connectivity index (χ4n) is 3.45. The number of hydrogen-bond donors (Lipinski definition) is 1. The molecule has 2 aliphatic rings. The second-order valence-electron chi connectivity index (χ2n) is 5.13. The zero-order valence-corrected chi connectivity index (χ0v) is 8.99. The average Bonchev–Trinajstić information content (AvgIpc) is 2.79. The lowest BCUT2D eigenvalue weighted by Gasteiger charge is -2.26. The molecular formula is C13H22O. The lowest BCUT2D eigenvalue weighted by Crippen LogP contribution is -2.25. The summed E-state index contributed by atoms with van der Waals surface area (Å²) in [5, 5.41) is 10.1. The smallest absolute Gasteiger partial charge is 0.0571 e. The molecule has 0 saturated heterocycles. The maximum Gasteiger partial charge on any atom is 0.0571 e. The first kappa shape index (κ1) is 10.2. The predicted molar refractivity (Wildman–Crippen MR) is 59.0 cm³/mol. The lowest BCUT2D eigenvalue weighted by molar-refractivity contribution is 0.0661. The highest BCUT2D eigenvalue weighted by molar-refractivity contribution is 4.92. The van der Waals surface area contributed by atoms with Gasteiger partial charge in [0.15, 0.2) is 0 Å². The number of aliphatic hydroxyl groups excluding tert-OH is 1. The molecule has 0 spiro atoms. The van der Waals surface area contributed by atoms with Gasteiger partial charge in [-0.1, -0.05) is 12.5 Å². The standard InChI is InChI=1S/C13H22O/c1-2-3-4-5-13(14)12-9-10-6-7-11(12)8-10/h2,10-14H,1,3-9H2. The van der Waals surface area contributed by atoms with Crippen LogP contribution in [0.2, 0.25) is 0 Å². The first-order valence-electron chi connectivity index (χ1n) is 6.10. The van der Waals surface area contributed by atoms with E-state index in [1.165, 1.54) is 25.7 Å². The van der Waals surface area contributed by atoms with Gasteiger partial charge in [-0.3, -0.25) is 0 Å². The molecule has 1 heteroatoms. The van der Waals surface area contributed by atoms with Crippen LogP contribution in [0, 0.1) is 17.8 Å². The van der Waals surface area contributed by atoms with E-state index >= 15 is 0 Å². The Bertz CT molecular complexity index is 199. The minimum absolute atomic E-state index is 0.0229. The van der Waals surface area contributed by atoms with E-state index in [9.17, 15) is 5.11 Å². The Morgan fingerprint density at radius 1 is 1.36 bits per heavy atom.